The highest BCUT2D eigenvalue weighted by Gasteiger charge is 2.24. The molecule has 140 valence electrons. The van der Waals surface area contributed by atoms with Crippen LogP contribution in [0.1, 0.15) is 13.8 Å². The number of nitrogens with zero attached hydrogens (tertiary/aromatic N) is 3. The van der Waals surface area contributed by atoms with Gasteiger partial charge in [-0.1, -0.05) is 25.1 Å². The van der Waals surface area contributed by atoms with E-state index in [2.05, 4.69) is 4.98 Å². The van der Waals surface area contributed by atoms with Crippen molar-refractivity contribution >= 4 is 27.5 Å². The molecule has 0 bridgehead atoms. The van der Waals surface area contributed by atoms with Crippen LogP contribution in [0.2, 0.25) is 0 Å². The van der Waals surface area contributed by atoms with Gasteiger partial charge < -0.3 is 10.0 Å². The second-order valence-electron chi connectivity index (χ2n) is 5.98. The van der Waals surface area contributed by atoms with Gasteiger partial charge in [0.05, 0.1) is 11.6 Å². The molecule has 2 aromatic rings. The number of benzene rings is 1. The minimum Gasteiger partial charge on any atom is -0.481 e. The lowest BCUT2D eigenvalue weighted by molar-refractivity contribution is -0.140. The van der Waals surface area contributed by atoms with E-state index >= 15 is 0 Å². The molecule has 1 aromatic carbocycles. The van der Waals surface area contributed by atoms with Crippen LogP contribution in [0, 0.1) is 5.92 Å². The third-order valence-electron chi connectivity index (χ3n) is 4.00. The van der Waals surface area contributed by atoms with Crippen molar-refractivity contribution in [1.82, 2.24) is 4.98 Å². The van der Waals surface area contributed by atoms with E-state index in [9.17, 15) is 13.2 Å². The Balaban J connectivity index is 2.24. The molecular weight excluding hydrogens is 354 g/mol. The lowest BCUT2D eigenvalue weighted by Crippen LogP contribution is -2.31. The molecule has 0 amide bonds. The lowest BCUT2D eigenvalue weighted by Gasteiger charge is -2.24. The molecule has 0 aliphatic carbocycles. The quantitative estimate of drug-likeness (QED) is 0.760. The maximum atomic E-state index is 12.9. The van der Waals surface area contributed by atoms with Crippen LogP contribution in [0.3, 0.4) is 0 Å². The standard InChI is InChI=1S/C18H23N3O4S/c1-4-21(15-8-6-5-7-9-15)26(24,25)16-10-11-17(19-12-16)20(3)13-14(2)18(22)23/h5-12,14H,4,13H2,1-3H3,(H,22,23). The van der Waals surface area contributed by atoms with Gasteiger partial charge in [-0.15, -0.1) is 0 Å². The van der Waals surface area contributed by atoms with Gasteiger partial charge in [0.25, 0.3) is 10.0 Å². The Morgan fingerprint density at radius 2 is 1.85 bits per heavy atom. The summed E-state index contributed by atoms with van der Waals surface area (Å²) < 4.78 is 27.1. The Morgan fingerprint density at radius 1 is 1.19 bits per heavy atom. The van der Waals surface area contributed by atoms with Gasteiger partial charge >= 0.3 is 5.97 Å². The van der Waals surface area contributed by atoms with Crippen molar-refractivity contribution in [2.24, 2.45) is 5.92 Å². The molecule has 1 unspecified atom stereocenters. The van der Waals surface area contributed by atoms with Gasteiger partial charge in [0.1, 0.15) is 10.7 Å². The van der Waals surface area contributed by atoms with Crippen molar-refractivity contribution in [1.29, 1.82) is 0 Å². The predicted molar refractivity (Wildman–Crippen MR) is 101 cm³/mol. The van der Waals surface area contributed by atoms with Gasteiger partial charge in [-0.25, -0.2) is 13.4 Å². The summed E-state index contributed by atoms with van der Waals surface area (Å²) in [6.07, 6.45) is 1.30. The fourth-order valence-electron chi connectivity index (χ4n) is 2.55. The van der Waals surface area contributed by atoms with Crippen LogP contribution in [0.4, 0.5) is 11.5 Å². The lowest BCUT2D eigenvalue weighted by atomic mass is 10.2. The number of aliphatic carboxylic acids is 1. The van der Waals surface area contributed by atoms with Crippen LogP contribution >= 0.6 is 0 Å². The average molecular weight is 377 g/mol. The number of aromatic nitrogens is 1. The number of sulfonamides is 1. The highest BCUT2D eigenvalue weighted by Crippen LogP contribution is 2.23. The van der Waals surface area contributed by atoms with Crippen molar-refractivity contribution in [2.75, 3.05) is 29.3 Å². The second kappa shape index (κ2) is 8.18. The molecule has 7 nitrogen and oxygen atoms in total. The number of pyridine rings is 1. The number of para-hydroxylation sites is 1. The fraction of sp³-hybridized carbons (Fsp3) is 0.333. The first-order valence-corrected chi connectivity index (χ1v) is 9.69. The zero-order valence-electron chi connectivity index (χ0n) is 15.0. The Hall–Kier alpha value is -2.61. The molecule has 2 rings (SSSR count). The first-order chi connectivity index (χ1) is 12.3. The molecule has 26 heavy (non-hydrogen) atoms. The molecule has 0 aliphatic rings. The van der Waals surface area contributed by atoms with Crippen molar-refractivity contribution < 1.29 is 18.3 Å². The molecule has 0 spiro atoms. The average Bonchev–Trinajstić information content (AvgIpc) is 2.63. The highest BCUT2D eigenvalue weighted by atomic mass is 32.2. The summed E-state index contributed by atoms with van der Waals surface area (Å²) >= 11 is 0. The number of hydrogen-bond donors (Lipinski definition) is 1. The van der Waals surface area contributed by atoms with Gasteiger partial charge in [-0.05, 0) is 31.2 Å². The van der Waals surface area contributed by atoms with Crippen LogP contribution in [-0.2, 0) is 14.8 Å². The number of carboxylic acids is 1. The summed E-state index contributed by atoms with van der Waals surface area (Å²) in [5.41, 5.74) is 0.589. The fourth-order valence-corrected chi connectivity index (χ4v) is 3.97. The maximum absolute atomic E-state index is 12.9. The van der Waals surface area contributed by atoms with Crippen molar-refractivity contribution in [2.45, 2.75) is 18.7 Å². The molecular formula is C18H23N3O4S. The smallest absolute Gasteiger partial charge is 0.308 e. The van der Waals surface area contributed by atoms with E-state index in [0.717, 1.165) is 0 Å². The van der Waals surface area contributed by atoms with E-state index in [1.165, 1.54) is 16.6 Å². The Kier molecular flexibility index (Phi) is 6.20. The Bertz CT molecular complexity index is 838. The van der Waals surface area contributed by atoms with Gasteiger partial charge in [0.15, 0.2) is 0 Å². The molecule has 1 heterocycles. The minimum atomic E-state index is -3.72. The Morgan fingerprint density at radius 3 is 2.35 bits per heavy atom. The minimum absolute atomic E-state index is 0.0895. The van der Waals surface area contributed by atoms with Crippen LogP contribution < -0.4 is 9.21 Å². The van der Waals surface area contributed by atoms with Crippen molar-refractivity contribution in [3.8, 4) is 0 Å². The summed E-state index contributed by atoms with van der Waals surface area (Å²) in [6, 6.07) is 12.0. The monoisotopic (exact) mass is 377 g/mol. The zero-order chi connectivity index (χ0) is 19.3. The van der Waals surface area contributed by atoms with Crippen LogP contribution in [0.5, 0.6) is 0 Å². The van der Waals surface area contributed by atoms with Crippen molar-refractivity contribution in [3.63, 3.8) is 0 Å². The van der Waals surface area contributed by atoms with Gasteiger partial charge in [0.2, 0.25) is 0 Å². The van der Waals surface area contributed by atoms with Crippen LogP contribution in [0.25, 0.3) is 0 Å². The van der Waals surface area contributed by atoms with E-state index in [4.69, 9.17) is 5.11 Å². The molecule has 1 N–H and O–H groups in total. The first-order valence-electron chi connectivity index (χ1n) is 8.25. The summed E-state index contributed by atoms with van der Waals surface area (Å²) in [4.78, 5) is 16.9. The SMILES string of the molecule is CCN(c1ccccc1)S(=O)(=O)c1ccc(N(C)CC(C)C(=O)O)nc1. The molecule has 0 saturated carbocycles. The molecule has 8 heteroatoms. The summed E-state index contributed by atoms with van der Waals surface area (Å²) in [5.74, 6) is -0.934. The summed E-state index contributed by atoms with van der Waals surface area (Å²) in [6.45, 7) is 3.95. The largest absolute Gasteiger partial charge is 0.481 e. The van der Waals surface area contributed by atoms with Crippen LogP contribution in [-0.4, -0.2) is 44.6 Å². The third-order valence-corrected chi connectivity index (χ3v) is 5.89. The Labute approximate surface area is 153 Å². The van der Waals surface area contributed by atoms with E-state index in [0.29, 0.717) is 18.1 Å². The van der Waals surface area contributed by atoms with E-state index in [1.807, 2.05) is 6.07 Å². The van der Waals surface area contributed by atoms with Crippen LogP contribution in [0.15, 0.2) is 53.6 Å². The first kappa shape index (κ1) is 19.7. The molecule has 0 saturated heterocycles. The summed E-state index contributed by atoms with van der Waals surface area (Å²) in [5, 5.41) is 8.99. The number of carboxylic acid groups (broad SMARTS) is 1. The normalized spacial score (nSPS) is 12.4. The summed E-state index contributed by atoms with van der Waals surface area (Å²) in [7, 11) is -2.00. The highest BCUT2D eigenvalue weighted by molar-refractivity contribution is 7.92. The number of anilines is 2. The van der Waals surface area contributed by atoms with E-state index < -0.39 is 21.9 Å². The molecule has 1 atom stereocenters. The zero-order valence-corrected chi connectivity index (χ0v) is 15.8. The van der Waals surface area contributed by atoms with Gasteiger partial charge in [-0.2, -0.15) is 0 Å². The number of carbonyl (C=O) groups is 1. The maximum Gasteiger partial charge on any atom is 0.308 e. The number of rotatable bonds is 8. The number of hydrogen-bond acceptors (Lipinski definition) is 5. The van der Waals surface area contributed by atoms with E-state index in [-0.39, 0.29) is 11.4 Å². The topological polar surface area (TPSA) is 90.8 Å². The molecule has 0 aliphatic heterocycles. The third kappa shape index (κ3) is 4.32. The predicted octanol–water partition coefficient (Wildman–Crippen LogP) is 2.45. The second-order valence-corrected chi connectivity index (χ2v) is 7.84. The van der Waals surface area contributed by atoms with Gasteiger partial charge in [0, 0.05) is 26.3 Å². The molecule has 1 aromatic heterocycles. The molecule has 0 fully saturated rings. The van der Waals surface area contributed by atoms with E-state index in [1.54, 1.807) is 56.1 Å². The van der Waals surface area contributed by atoms with Crippen molar-refractivity contribution in [3.05, 3.63) is 48.7 Å². The molecule has 0 radical (unpaired) electrons. The van der Waals surface area contributed by atoms with Gasteiger partial charge in [-0.3, -0.25) is 9.10 Å².